The molecule has 0 saturated carbocycles. The average molecular weight is 328 g/mol. The summed E-state index contributed by atoms with van der Waals surface area (Å²) in [5, 5.41) is 7.34. The molecular weight excluding hydrogens is 304 g/mol. The summed E-state index contributed by atoms with van der Waals surface area (Å²) in [5.41, 5.74) is 3.39. The van der Waals surface area contributed by atoms with Gasteiger partial charge in [-0.1, -0.05) is 44.2 Å². The fraction of sp³-hybridized carbons (Fsp3) is 0.316. The monoisotopic (exact) mass is 328 g/mol. The van der Waals surface area contributed by atoms with Crippen LogP contribution in [0.25, 0.3) is 0 Å². The number of aryl methyl sites for hydroxylation is 1. The maximum atomic E-state index is 5.49. The first-order valence-corrected chi connectivity index (χ1v) is 8.19. The molecule has 0 fully saturated rings. The van der Waals surface area contributed by atoms with Gasteiger partial charge in [-0.3, -0.25) is 0 Å². The summed E-state index contributed by atoms with van der Waals surface area (Å²) in [7, 11) is 1.68. The summed E-state index contributed by atoms with van der Waals surface area (Å²) in [5.74, 6) is 1.26. The van der Waals surface area contributed by atoms with Gasteiger partial charge in [-0.05, 0) is 54.4 Å². The molecule has 3 nitrogen and oxygen atoms in total. The molecule has 122 valence electrons. The Morgan fingerprint density at radius 2 is 1.70 bits per heavy atom. The van der Waals surface area contributed by atoms with Crippen LogP contribution in [0.15, 0.2) is 48.5 Å². The smallest absolute Gasteiger partial charge is 0.171 e. The van der Waals surface area contributed by atoms with Crippen molar-refractivity contribution in [3.63, 3.8) is 0 Å². The van der Waals surface area contributed by atoms with Crippen molar-refractivity contribution in [2.75, 3.05) is 12.4 Å². The number of anilines is 1. The molecule has 0 spiro atoms. The third-order valence-corrected chi connectivity index (χ3v) is 4.04. The molecule has 0 radical (unpaired) electrons. The standard InChI is InChI=1S/C19H24N2OS/c1-13(2)18(15-9-11-16(22-4)12-10-15)21-19(23)20-17-8-6-5-7-14(17)3/h5-13,18H,1-4H3,(H2,20,21,23)/t18-/m1/s1. The first-order valence-electron chi connectivity index (χ1n) is 7.78. The van der Waals surface area contributed by atoms with Crippen molar-refractivity contribution >= 4 is 23.0 Å². The van der Waals surface area contributed by atoms with Crippen molar-refractivity contribution in [3.8, 4) is 5.75 Å². The van der Waals surface area contributed by atoms with E-state index in [9.17, 15) is 0 Å². The number of para-hydroxylation sites is 1. The molecule has 0 aliphatic heterocycles. The van der Waals surface area contributed by atoms with E-state index in [1.54, 1.807) is 7.11 Å². The van der Waals surface area contributed by atoms with Crippen molar-refractivity contribution in [3.05, 3.63) is 59.7 Å². The van der Waals surface area contributed by atoms with Crippen LogP contribution in [0.5, 0.6) is 5.75 Å². The highest BCUT2D eigenvalue weighted by Gasteiger charge is 2.17. The molecule has 2 aromatic rings. The Morgan fingerprint density at radius 3 is 2.26 bits per heavy atom. The Balaban J connectivity index is 2.09. The largest absolute Gasteiger partial charge is 0.497 e. The van der Waals surface area contributed by atoms with Crippen LogP contribution in [0.2, 0.25) is 0 Å². The topological polar surface area (TPSA) is 33.3 Å². The van der Waals surface area contributed by atoms with E-state index in [0.717, 1.165) is 11.4 Å². The number of methoxy groups -OCH3 is 1. The van der Waals surface area contributed by atoms with E-state index in [0.29, 0.717) is 11.0 Å². The number of benzene rings is 2. The molecule has 4 heteroatoms. The maximum Gasteiger partial charge on any atom is 0.171 e. The van der Waals surface area contributed by atoms with Crippen molar-refractivity contribution in [2.24, 2.45) is 5.92 Å². The van der Waals surface area contributed by atoms with Crippen LogP contribution in [0, 0.1) is 12.8 Å². The van der Waals surface area contributed by atoms with Gasteiger partial charge in [0.2, 0.25) is 0 Å². The summed E-state index contributed by atoms with van der Waals surface area (Å²) < 4.78 is 5.22. The lowest BCUT2D eigenvalue weighted by Gasteiger charge is -2.25. The lowest BCUT2D eigenvalue weighted by Crippen LogP contribution is -2.35. The van der Waals surface area contributed by atoms with Crippen LogP contribution in [-0.2, 0) is 0 Å². The third-order valence-electron chi connectivity index (χ3n) is 3.82. The number of hydrogen-bond donors (Lipinski definition) is 2. The Bertz CT molecular complexity index is 653. The second-order valence-electron chi connectivity index (χ2n) is 5.91. The van der Waals surface area contributed by atoms with Gasteiger partial charge in [0.1, 0.15) is 5.75 Å². The second-order valence-corrected chi connectivity index (χ2v) is 6.32. The minimum atomic E-state index is 0.143. The van der Waals surface area contributed by atoms with Crippen molar-refractivity contribution in [2.45, 2.75) is 26.8 Å². The molecule has 0 heterocycles. The fourth-order valence-electron chi connectivity index (χ4n) is 2.46. The number of hydrogen-bond acceptors (Lipinski definition) is 2. The molecule has 0 amide bonds. The van der Waals surface area contributed by atoms with Crippen molar-refractivity contribution < 1.29 is 4.74 Å². The molecule has 23 heavy (non-hydrogen) atoms. The minimum Gasteiger partial charge on any atom is -0.497 e. The van der Waals surface area contributed by atoms with Gasteiger partial charge < -0.3 is 15.4 Å². The number of thiocarbonyl (C=S) groups is 1. The third kappa shape index (κ3) is 4.70. The molecule has 2 N–H and O–H groups in total. The summed E-state index contributed by atoms with van der Waals surface area (Å²) in [4.78, 5) is 0. The van der Waals surface area contributed by atoms with E-state index in [-0.39, 0.29) is 6.04 Å². The predicted molar refractivity (Wildman–Crippen MR) is 101 cm³/mol. The quantitative estimate of drug-likeness (QED) is 0.780. The van der Waals surface area contributed by atoms with Gasteiger partial charge in [0.25, 0.3) is 0 Å². The first kappa shape index (κ1) is 17.3. The molecule has 0 bridgehead atoms. The van der Waals surface area contributed by atoms with Gasteiger partial charge in [-0.15, -0.1) is 0 Å². The zero-order valence-corrected chi connectivity index (χ0v) is 14.9. The second kappa shape index (κ2) is 7.97. The SMILES string of the molecule is COc1ccc([C@H](NC(=S)Nc2ccccc2C)C(C)C)cc1. The van der Waals surface area contributed by atoms with Gasteiger partial charge >= 0.3 is 0 Å². The highest BCUT2D eigenvalue weighted by molar-refractivity contribution is 7.80. The maximum absolute atomic E-state index is 5.49. The predicted octanol–water partition coefficient (Wildman–Crippen LogP) is 4.69. The summed E-state index contributed by atoms with van der Waals surface area (Å²) in [6.07, 6.45) is 0. The van der Waals surface area contributed by atoms with E-state index in [2.05, 4.69) is 49.6 Å². The Morgan fingerprint density at radius 1 is 1.04 bits per heavy atom. The lowest BCUT2D eigenvalue weighted by molar-refractivity contribution is 0.413. The van der Waals surface area contributed by atoms with Crippen LogP contribution >= 0.6 is 12.2 Å². The molecule has 1 atom stereocenters. The number of rotatable bonds is 5. The van der Waals surface area contributed by atoms with Gasteiger partial charge in [-0.2, -0.15) is 0 Å². The van der Waals surface area contributed by atoms with E-state index in [4.69, 9.17) is 17.0 Å². The van der Waals surface area contributed by atoms with Crippen LogP contribution < -0.4 is 15.4 Å². The van der Waals surface area contributed by atoms with Crippen LogP contribution in [0.3, 0.4) is 0 Å². The van der Waals surface area contributed by atoms with Gasteiger partial charge in [0.15, 0.2) is 5.11 Å². The van der Waals surface area contributed by atoms with Crippen molar-refractivity contribution in [1.82, 2.24) is 5.32 Å². The lowest BCUT2D eigenvalue weighted by atomic mass is 9.96. The minimum absolute atomic E-state index is 0.143. The summed E-state index contributed by atoms with van der Waals surface area (Å²) in [6.45, 7) is 6.42. The number of ether oxygens (including phenoxy) is 1. The Labute approximate surface area is 144 Å². The highest BCUT2D eigenvalue weighted by Crippen LogP contribution is 2.24. The van der Waals surface area contributed by atoms with Crippen LogP contribution in [0.4, 0.5) is 5.69 Å². The molecule has 0 saturated heterocycles. The van der Waals surface area contributed by atoms with E-state index >= 15 is 0 Å². The van der Waals surface area contributed by atoms with Gasteiger partial charge in [0.05, 0.1) is 13.2 Å². The molecule has 0 aliphatic carbocycles. The average Bonchev–Trinajstić information content (AvgIpc) is 2.55. The van der Waals surface area contributed by atoms with Gasteiger partial charge in [0, 0.05) is 5.69 Å². The number of nitrogens with one attached hydrogen (secondary N) is 2. The highest BCUT2D eigenvalue weighted by atomic mass is 32.1. The van der Waals surface area contributed by atoms with E-state index in [1.165, 1.54) is 11.1 Å². The fourth-order valence-corrected chi connectivity index (χ4v) is 2.70. The van der Waals surface area contributed by atoms with Crippen LogP contribution in [-0.4, -0.2) is 12.2 Å². The van der Waals surface area contributed by atoms with Gasteiger partial charge in [-0.25, -0.2) is 0 Å². The molecule has 0 unspecified atom stereocenters. The normalized spacial score (nSPS) is 11.9. The van der Waals surface area contributed by atoms with Crippen molar-refractivity contribution in [1.29, 1.82) is 0 Å². The zero-order valence-electron chi connectivity index (χ0n) is 14.1. The molecule has 0 aliphatic rings. The Kier molecular flexibility index (Phi) is 5.99. The molecule has 2 rings (SSSR count). The van der Waals surface area contributed by atoms with E-state index < -0.39 is 0 Å². The van der Waals surface area contributed by atoms with E-state index in [1.807, 2.05) is 30.3 Å². The Hall–Kier alpha value is -2.07. The summed E-state index contributed by atoms with van der Waals surface area (Å²) in [6, 6.07) is 16.4. The molecular formula is C19H24N2OS. The van der Waals surface area contributed by atoms with Crippen LogP contribution in [0.1, 0.15) is 31.0 Å². The zero-order chi connectivity index (χ0) is 16.8. The molecule has 2 aromatic carbocycles. The summed E-state index contributed by atoms with van der Waals surface area (Å²) >= 11 is 5.49. The molecule has 0 aromatic heterocycles. The first-order chi connectivity index (χ1) is 11.0.